The SMILES string of the molecule is Fc1ccccc1-c1ccc2c(NCc3ccccn3)nc(-c3cccnc3)nc2c1. The molecule has 0 aliphatic heterocycles. The Bertz CT molecular complexity index is 1340. The van der Waals surface area contributed by atoms with E-state index in [1.807, 2.05) is 54.6 Å². The predicted octanol–water partition coefficient (Wildman–Crippen LogP) is 5.51. The first-order valence-corrected chi connectivity index (χ1v) is 9.89. The molecule has 0 unspecified atom stereocenters. The molecule has 0 atom stereocenters. The Morgan fingerprint density at radius 1 is 0.806 bits per heavy atom. The lowest BCUT2D eigenvalue weighted by atomic mass is 10.0. The topological polar surface area (TPSA) is 63.6 Å². The van der Waals surface area contributed by atoms with E-state index in [4.69, 9.17) is 9.97 Å². The minimum atomic E-state index is -0.267. The van der Waals surface area contributed by atoms with Crippen molar-refractivity contribution in [3.63, 3.8) is 0 Å². The van der Waals surface area contributed by atoms with Crippen LogP contribution in [0.5, 0.6) is 0 Å². The van der Waals surface area contributed by atoms with Crippen LogP contribution in [-0.4, -0.2) is 19.9 Å². The molecular formula is C25H18FN5. The minimum absolute atomic E-state index is 0.267. The van der Waals surface area contributed by atoms with Gasteiger partial charge in [-0.05, 0) is 48.0 Å². The Morgan fingerprint density at radius 3 is 2.52 bits per heavy atom. The van der Waals surface area contributed by atoms with E-state index in [1.165, 1.54) is 6.07 Å². The molecule has 0 saturated carbocycles. The fraction of sp³-hybridized carbons (Fsp3) is 0.0400. The van der Waals surface area contributed by atoms with Crippen molar-refractivity contribution in [2.75, 3.05) is 5.32 Å². The van der Waals surface area contributed by atoms with Gasteiger partial charge in [0.1, 0.15) is 11.6 Å². The highest BCUT2D eigenvalue weighted by Gasteiger charge is 2.12. The highest BCUT2D eigenvalue weighted by Crippen LogP contribution is 2.30. The molecule has 31 heavy (non-hydrogen) atoms. The van der Waals surface area contributed by atoms with Crippen LogP contribution in [0.3, 0.4) is 0 Å². The van der Waals surface area contributed by atoms with Crippen LogP contribution in [-0.2, 0) is 6.54 Å². The molecule has 0 spiro atoms. The van der Waals surface area contributed by atoms with Gasteiger partial charge in [-0.3, -0.25) is 9.97 Å². The van der Waals surface area contributed by atoms with Crippen LogP contribution < -0.4 is 5.32 Å². The lowest BCUT2D eigenvalue weighted by molar-refractivity contribution is 0.631. The first kappa shape index (κ1) is 18.8. The molecule has 2 aromatic carbocycles. The van der Waals surface area contributed by atoms with Crippen LogP contribution >= 0.6 is 0 Å². The quantitative estimate of drug-likeness (QED) is 0.416. The Morgan fingerprint density at radius 2 is 1.71 bits per heavy atom. The number of hydrogen-bond acceptors (Lipinski definition) is 5. The van der Waals surface area contributed by atoms with Gasteiger partial charge in [-0.15, -0.1) is 0 Å². The van der Waals surface area contributed by atoms with Crippen molar-refractivity contribution in [3.05, 3.63) is 103 Å². The Kier molecular flexibility index (Phi) is 5.02. The zero-order valence-electron chi connectivity index (χ0n) is 16.5. The summed E-state index contributed by atoms with van der Waals surface area (Å²) < 4.78 is 14.3. The molecule has 5 nitrogen and oxygen atoms in total. The number of aromatic nitrogens is 4. The molecule has 0 radical (unpaired) electrons. The number of nitrogens with one attached hydrogen (secondary N) is 1. The molecule has 0 amide bonds. The maximum atomic E-state index is 14.3. The second kappa shape index (κ2) is 8.28. The highest BCUT2D eigenvalue weighted by atomic mass is 19.1. The largest absolute Gasteiger partial charge is 0.364 e. The molecule has 0 fully saturated rings. The van der Waals surface area contributed by atoms with Crippen molar-refractivity contribution in [1.82, 2.24) is 19.9 Å². The molecule has 0 aliphatic carbocycles. The predicted molar refractivity (Wildman–Crippen MR) is 120 cm³/mol. The smallest absolute Gasteiger partial charge is 0.163 e. The molecule has 1 N–H and O–H groups in total. The van der Waals surface area contributed by atoms with E-state index in [9.17, 15) is 4.39 Å². The van der Waals surface area contributed by atoms with Crippen molar-refractivity contribution >= 4 is 16.7 Å². The van der Waals surface area contributed by atoms with E-state index in [0.717, 1.165) is 27.7 Å². The molecular weight excluding hydrogens is 389 g/mol. The molecule has 6 heteroatoms. The number of halogens is 1. The molecule has 5 rings (SSSR count). The summed E-state index contributed by atoms with van der Waals surface area (Å²) in [5.74, 6) is 0.973. The average molecular weight is 407 g/mol. The van der Waals surface area contributed by atoms with E-state index >= 15 is 0 Å². The summed E-state index contributed by atoms with van der Waals surface area (Å²) in [5, 5.41) is 4.23. The van der Waals surface area contributed by atoms with Crippen LogP contribution in [0, 0.1) is 5.82 Å². The number of fused-ring (bicyclic) bond motifs is 1. The number of nitrogens with zero attached hydrogens (tertiary/aromatic N) is 4. The number of rotatable bonds is 5. The number of hydrogen-bond donors (Lipinski definition) is 1. The van der Waals surface area contributed by atoms with Gasteiger partial charge in [0.05, 0.1) is 17.8 Å². The molecule has 0 aliphatic rings. The molecule has 0 saturated heterocycles. The Labute approximate surface area is 178 Å². The summed E-state index contributed by atoms with van der Waals surface area (Å²) in [6, 6.07) is 22.0. The second-order valence-corrected chi connectivity index (χ2v) is 7.02. The maximum absolute atomic E-state index is 14.3. The number of benzene rings is 2. The normalized spacial score (nSPS) is 10.9. The van der Waals surface area contributed by atoms with E-state index in [2.05, 4.69) is 15.3 Å². The monoisotopic (exact) mass is 407 g/mol. The van der Waals surface area contributed by atoms with Gasteiger partial charge in [0.2, 0.25) is 0 Å². The fourth-order valence-corrected chi connectivity index (χ4v) is 3.43. The average Bonchev–Trinajstić information content (AvgIpc) is 2.83. The van der Waals surface area contributed by atoms with Gasteiger partial charge in [-0.2, -0.15) is 0 Å². The van der Waals surface area contributed by atoms with Gasteiger partial charge < -0.3 is 5.32 Å². The van der Waals surface area contributed by atoms with Gasteiger partial charge in [0.25, 0.3) is 0 Å². The van der Waals surface area contributed by atoms with E-state index in [1.54, 1.807) is 30.7 Å². The maximum Gasteiger partial charge on any atom is 0.163 e. The Hall–Kier alpha value is -4.19. The van der Waals surface area contributed by atoms with Gasteiger partial charge in [-0.25, -0.2) is 14.4 Å². The Balaban J connectivity index is 1.62. The number of pyridine rings is 2. The van der Waals surface area contributed by atoms with Gasteiger partial charge >= 0.3 is 0 Å². The second-order valence-electron chi connectivity index (χ2n) is 7.02. The highest BCUT2D eigenvalue weighted by molar-refractivity contribution is 5.93. The summed E-state index contributed by atoms with van der Waals surface area (Å²) in [5.41, 5.74) is 3.73. The van der Waals surface area contributed by atoms with Crippen molar-refractivity contribution in [1.29, 1.82) is 0 Å². The van der Waals surface area contributed by atoms with E-state index < -0.39 is 0 Å². The summed E-state index contributed by atoms with van der Waals surface area (Å²) >= 11 is 0. The third-order valence-electron chi connectivity index (χ3n) is 4.96. The van der Waals surface area contributed by atoms with Crippen molar-refractivity contribution in [3.8, 4) is 22.5 Å². The van der Waals surface area contributed by atoms with Crippen molar-refractivity contribution < 1.29 is 4.39 Å². The summed E-state index contributed by atoms with van der Waals surface area (Å²) in [4.78, 5) is 18.0. The van der Waals surface area contributed by atoms with Crippen LogP contribution in [0.15, 0.2) is 91.4 Å². The third-order valence-corrected chi connectivity index (χ3v) is 4.96. The molecule has 5 aromatic rings. The van der Waals surface area contributed by atoms with E-state index in [0.29, 0.717) is 23.8 Å². The van der Waals surface area contributed by atoms with Gasteiger partial charge in [0.15, 0.2) is 5.82 Å². The zero-order chi connectivity index (χ0) is 21.0. The first-order valence-electron chi connectivity index (χ1n) is 9.89. The minimum Gasteiger partial charge on any atom is -0.364 e. The summed E-state index contributed by atoms with van der Waals surface area (Å²) in [6.07, 6.45) is 5.20. The van der Waals surface area contributed by atoms with Gasteiger partial charge in [-0.1, -0.05) is 30.3 Å². The lowest BCUT2D eigenvalue weighted by Crippen LogP contribution is -2.05. The first-order chi connectivity index (χ1) is 15.3. The molecule has 150 valence electrons. The van der Waals surface area contributed by atoms with Gasteiger partial charge in [0, 0.05) is 35.1 Å². The standard InChI is InChI=1S/C25H18FN5/c26-22-9-2-1-8-20(22)17-10-11-21-23(14-17)30-24(18-6-5-12-27-15-18)31-25(21)29-16-19-7-3-4-13-28-19/h1-15H,16H2,(H,29,30,31). The van der Waals surface area contributed by atoms with Crippen LogP contribution in [0.25, 0.3) is 33.4 Å². The summed E-state index contributed by atoms with van der Waals surface area (Å²) in [7, 11) is 0. The van der Waals surface area contributed by atoms with E-state index in [-0.39, 0.29) is 5.82 Å². The molecule has 0 bridgehead atoms. The van der Waals surface area contributed by atoms with Crippen LogP contribution in [0.1, 0.15) is 5.69 Å². The zero-order valence-corrected chi connectivity index (χ0v) is 16.5. The lowest BCUT2D eigenvalue weighted by Gasteiger charge is -2.12. The molecule has 3 heterocycles. The van der Waals surface area contributed by atoms with Crippen LogP contribution in [0.2, 0.25) is 0 Å². The van der Waals surface area contributed by atoms with Crippen molar-refractivity contribution in [2.45, 2.75) is 6.54 Å². The van der Waals surface area contributed by atoms with Crippen molar-refractivity contribution in [2.24, 2.45) is 0 Å². The summed E-state index contributed by atoms with van der Waals surface area (Å²) in [6.45, 7) is 0.522. The number of anilines is 1. The molecule has 3 aromatic heterocycles. The third kappa shape index (κ3) is 3.96. The fourth-order valence-electron chi connectivity index (χ4n) is 3.43. The van der Waals surface area contributed by atoms with Crippen LogP contribution in [0.4, 0.5) is 10.2 Å².